The molecule has 0 bridgehead atoms. The minimum Gasteiger partial charge on any atom is -0.340 e. The molecule has 1 N–H and O–H groups in total. The van der Waals surface area contributed by atoms with E-state index in [1.807, 2.05) is 0 Å². The normalized spacial score (nSPS) is 18.3. The van der Waals surface area contributed by atoms with Crippen LogP contribution in [-0.4, -0.2) is 55.8 Å². The van der Waals surface area contributed by atoms with Crippen LogP contribution in [0.1, 0.15) is 17.3 Å². The van der Waals surface area contributed by atoms with E-state index in [0.29, 0.717) is 4.47 Å². The number of carbonyl (C=O) groups excluding carboxylic acids is 2. The van der Waals surface area contributed by atoms with Crippen molar-refractivity contribution in [2.24, 2.45) is 0 Å². The number of benzene rings is 1. The van der Waals surface area contributed by atoms with Gasteiger partial charge in [0.05, 0.1) is 17.1 Å². The van der Waals surface area contributed by atoms with Crippen molar-refractivity contribution in [1.29, 1.82) is 0 Å². The van der Waals surface area contributed by atoms with Crippen molar-refractivity contribution < 1.29 is 22.4 Å². The van der Waals surface area contributed by atoms with Crippen LogP contribution >= 0.6 is 15.9 Å². The molecular weight excluding hydrogens is 391 g/mol. The number of hydrogen-bond donors (Lipinski definition) is 1. The molecule has 1 unspecified atom stereocenters. The summed E-state index contributed by atoms with van der Waals surface area (Å²) >= 11 is 3.15. The van der Waals surface area contributed by atoms with Crippen molar-refractivity contribution >= 4 is 37.6 Å². The van der Waals surface area contributed by atoms with Gasteiger partial charge in [0.1, 0.15) is 11.9 Å². The second-order valence-corrected chi connectivity index (χ2v) is 8.52. The Hall–Kier alpha value is -1.48. The standard InChI is InChI=1S/C14H16BrFN2O4S/c1-9(14(20)18-4-6-23(21,22)7-5-18)17-13(19)11-8-10(15)2-3-12(11)16/h2-3,8-9H,4-7H2,1H3,(H,17,19). The van der Waals surface area contributed by atoms with Crippen LogP contribution in [0, 0.1) is 5.82 Å². The summed E-state index contributed by atoms with van der Waals surface area (Å²) in [5.74, 6) is -1.94. The fourth-order valence-electron chi connectivity index (χ4n) is 2.21. The van der Waals surface area contributed by atoms with Crippen LogP contribution in [0.5, 0.6) is 0 Å². The molecule has 6 nitrogen and oxygen atoms in total. The first-order valence-corrected chi connectivity index (χ1v) is 9.56. The Balaban J connectivity index is 2.01. The summed E-state index contributed by atoms with van der Waals surface area (Å²) in [4.78, 5) is 25.7. The van der Waals surface area contributed by atoms with Crippen LogP contribution in [-0.2, 0) is 14.6 Å². The van der Waals surface area contributed by atoms with E-state index in [9.17, 15) is 22.4 Å². The molecule has 1 heterocycles. The van der Waals surface area contributed by atoms with E-state index < -0.39 is 27.6 Å². The maximum absolute atomic E-state index is 13.7. The molecule has 1 aromatic rings. The van der Waals surface area contributed by atoms with Crippen LogP contribution in [0.2, 0.25) is 0 Å². The third-order valence-electron chi connectivity index (χ3n) is 3.55. The molecule has 0 radical (unpaired) electrons. The Morgan fingerprint density at radius 1 is 1.30 bits per heavy atom. The third kappa shape index (κ3) is 4.51. The van der Waals surface area contributed by atoms with Crippen LogP contribution in [0.4, 0.5) is 4.39 Å². The van der Waals surface area contributed by atoms with Gasteiger partial charge < -0.3 is 10.2 Å². The summed E-state index contributed by atoms with van der Waals surface area (Å²) in [6, 6.07) is 3.08. The van der Waals surface area contributed by atoms with Crippen LogP contribution in [0.15, 0.2) is 22.7 Å². The lowest BCUT2D eigenvalue weighted by molar-refractivity contribution is -0.132. The quantitative estimate of drug-likeness (QED) is 0.810. The second kappa shape index (κ2) is 6.96. The Kier molecular flexibility index (Phi) is 5.41. The Bertz CT molecular complexity index is 724. The summed E-state index contributed by atoms with van der Waals surface area (Å²) in [5.41, 5.74) is -0.166. The van der Waals surface area contributed by atoms with Gasteiger partial charge in [-0.3, -0.25) is 9.59 Å². The Morgan fingerprint density at radius 3 is 2.52 bits per heavy atom. The van der Waals surface area contributed by atoms with Crippen molar-refractivity contribution in [3.63, 3.8) is 0 Å². The first kappa shape index (κ1) is 17.9. The van der Waals surface area contributed by atoms with Gasteiger partial charge >= 0.3 is 0 Å². The highest BCUT2D eigenvalue weighted by Gasteiger charge is 2.29. The minimum absolute atomic E-state index is 0.0837. The van der Waals surface area contributed by atoms with Crippen molar-refractivity contribution in [3.8, 4) is 0 Å². The van der Waals surface area contributed by atoms with Crippen molar-refractivity contribution in [2.75, 3.05) is 24.6 Å². The molecule has 1 atom stereocenters. The van der Waals surface area contributed by atoms with Crippen LogP contribution in [0.25, 0.3) is 0 Å². The SMILES string of the molecule is CC(NC(=O)c1cc(Br)ccc1F)C(=O)N1CCS(=O)(=O)CC1. The van der Waals surface area contributed by atoms with Gasteiger partial charge in [0.2, 0.25) is 5.91 Å². The summed E-state index contributed by atoms with van der Waals surface area (Å²) in [6.45, 7) is 1.69. The fourth-order valence-corrected chi connectivity index (χ4v) is 3.78. The number of carbonyl (C=O) groups is 2. The van der Waals surface area contributed by atoms with Crippen LogP contribution < -0.4 is 5.32 Å². The summed E-state index contributed by atoms with van der Waals surface area (Å²) in [7, 11) is -3.09. The first-order valence-electron chi connectivity index (χ1n) is 6.95. The maximum atomic E-state index is 13.7. The van der Waals surface area contributed by atoms with Gasteiger partial charge in [-0.1, -0.05) is 15.9 Å². The lowest BCUT2D eigenvalue weighted by Crippen LogP contribution is -2.51. The highest BCUT2D eigenvalue weighted by molar-refractivity contribution is 9.10. The third-order valence-corrected chi connectivity index (χ3v) is 5.65. The van der Waals surface area contributed by atoms with E-state index in [1.165, 1.54) is 24.0 Å². The molecule has 0 aliphatic carbocycles. The predicted octanol–water partition coefficient (Wildman–Crippen LogP) is 0.964. The Morgan fingerprint density at radius 2 is 1.91 bits per heavy atom. The lowest BCUT2D eigenvalue weighted by atomic mass is 10.2. The van der Waals surface area contributed by atoms with E-state index in [1.54, 1.807) is 0 Å². The lowest BCUT2D eigenvalue weighted by Gasteiger charge is -2.29. The number of hydrogen-bond acceptors (Lipinski definition) is 4. The maximum Gasteiger partial charge on any atom is 0.254 e. The van der Waals surface area contributed by atoms with Gasteiger partial charge in [-0.25, -0.2) is 12.8 Å². The zero-order valence-corrected chi connectivity index (χ0v) is 14.8. The average Bonchev–Trinajstić information content (AvgIpc) is 2.48. The van der Waals surface area contributed by atoms with Gasteiger partial charge in [-0.2, -0.15) is 0 Å². The molecule has 0 saturated carbocycles. The molecule has 1 aliphatic heterocycles. The monoisotopic (exact) mass is 406 g/mol. The molecule has 23 heavy (non-hydrogen) atoms. The molecule has 9 heteroatoms. The summed E-state index contributed by atoms with van der Waals surface area (Å²) < 4.78 is 36.9. The number of rotatable bonds is 3. The van der Waals surface area contributed by atoms with Gasteiger partial charge in [0, 0.05) is 17.6 Å². The molecule has 1 fully saturated rings. The van der Waals surface area contributed by atoms with Crippen molar-refractivity contribution in [3.05, 3.63) is 34.1 Å². The van der Waals surface area contributed by atoms with Crippen molar-refractivity contribution in [2.45, 2.75) is 13.0 Å². The van der Waals surface area contributed by atoms with E-state index >= 15 is 0 Å². The molecule has 2 rings (SSSR count). The summed E-state index contributed by atoms with van der Waals surface area (Å²) in [5, 5.41) is 2.44. The van der Waals surface area contributed by atoms with Gasteiger partial charge in [-0.15, -0.1) is 0 Å². The van der Waals surface area contributed by atoms with Gasteiger partial charge in [0.25, 0.3) is 5.91 Å². The van der Waals surface area contributed by atoms with E-state index in [2.05, 4.69) is 21.2 Å². The van der Waals surface area contributed by atoms with E-state index in [4.69, 9.17) is 0 Å². The smallest absolute Gasteiger partial charge is 0.254 e. The first-order chi connectivity index (χ1) is 10.7. The molecule has 0 spiro atoms. The number of amides is 2. The molecule has 1 saturated heterocycles. The highest BCUT2D eigenvalue weighted by atomic mass is 79.9. The molecular formula is C14H16BrFN2O4S. The number of halogens is 2. The fraction of sp³-hybridized carbons (Fsp3) is 0.429. The van der Waals surface area contributed by atoms with Crippen molar-refractivity contribution in [1.82, 2.24) is 10.2 Å². The second-order valence-electron chi connectivity index (χ2n) is 5.30. The Labute approximate surface area is 142 Å². The van der Waals surface area contributed by atoms with E-state index in [0.717, 1.165) is 6.07 Å². The zero-order valence-electron chi connectivity index (χ0n) is 12.4. The zero-order chi connectivity index (χ0) is 17.2. The number of sulfone groups is 1. The van der Waals surface area contributed by atoms with E-state index in [-0.39, 0.29) is 36.1 Å². The average molecular weight is 407 g/mol. The molecule has 0 aromatic heterocycles. The summed E-state index contributed by atoms with van der Waals surface area (Å²) in [6.07, 6.45) is 0. The number of nitrogens with one attached hydrogen (secondary N) is 1. The van der Waals surface area contributed by atoms with Gasteiger partial charge in [0.15, 0.2) is 9.84 Å². The topological polar surface area (TPSA) is 83.6 Å². The highest BCUT2D eigenvalue weighted by Crippen LogP contribution is 2.16. The largest absolute Gasteiger partial charge is 0.340 e. The molecule has 2 amide bonds. The molecule has 1 aromatic carbocycles. The predicted molar refractivity (Wildman–Crippen MR) is 86.3 cm³/mol. The van der Waals surface area contributed by atoms with Gasteiger partial charge in [-0.05, 0) is 25.1 Å². The van der Waals surface area contributed by atoms with Crippen LogP contribution in [0.3, 0.4) is 0 Å². The minimum atomic E-state index is -3.09. The number of nitrogens with zero attached hydrogens (tertiary/aromatic N) is 1. The molecule has 1 aliphatic rings. The molecule has 126 valence electrons.